The molecule has 0 unspecified atom stereocenters. The highest BCUT2D eigenvalue weighted by atomic mass is 14.5. The van der Waals surface area contributed by atoms with Gasteiger partial charge in [0.25, 0.3) is 0 Å². The zero-order chi connectivity index (χ0) is 19.6. The molecule has 1 spiro atoms. The van der Waals surface area contributed by atoms with Gasteiger partial charge >= 0.3 is 0 Å². The van der Waals surface area contributed by atoms with Crippen molar-refractivity contribution in [1.82, 2.24) is 0 Å². The van der Waals surface area contributed by atoms with Crippen molar-refractivity contribution in [3.63, 3.8) is 0 Å². The zero-order valence-electron chi connectivity index (χ0n) is 17.0. The van der Waals surface area contributed by atoms with Crippen molar-refractivity contribution in [2.24, 2.45) is 0 Å². The lowest BCUT2D eigenvalue weighted by Crippen LogP contribution is -2.25. The van der Waals surface area contributed by atoms with E-state index in [1.165, 1.54) is 55.6 Å². The summed E-state index contributed by atoms with van der Waals surface area (Å²) in [6, 6.07) is 32.0. The summed E-state index contributed by atoms with van der Waals surface area (Å²) in [6.45, 7) is 4.39. The van der Waals surface area contributed by atoms with E-state index in [4.69, 9.17) is 0 Å². The Morgan fingerprint density at radius 3 is 1.93 bits per heavy atom. The molecule has 0 fully saturated rings. The number of hydrogen-bond donors (Lipinski definition) is 0. The van der Waals surface area contributed by atoms with E-state index < -0.39 is 0 Å². The van der Waals surface area contributed by atoms with Crippen LogP contribution in [0.4, 0.5) is 0 Å². The normalized spacial score (nSPS) is 15.2. The van der Waals surface area contributed by atoms with E-state index in [2.05, 4.69) is 98.8 Å². The van der Waals surface area contributed by atoms with Gasteiger partial charge in [-0.3, -0.25) is 0 Å². The smallest absolute Gasteiger partial charge is 0.0296 e. The molecule has 140 valence electrons. The maximum absolute atomic E-state index is 2.48. The van der Waals surface area contributed by atoms with Gasteiger partial charge in [0.05, 0.1) is 0 Å². The fourth-order valence-electron chi connectivity index (χ4n) is 5.55. The molecule has 0 atom stereocenters. The van der Waals surface area contributed by atoms with Crippen molar-refractivity contribution >= 4 is 0 Å². The number of rotatable bonds is 1. The summed E-state index contributed by atoms with van der Waals surface area (Å²) < 4.78 is 0. The van der Waals surface area contributed by atoms with E-state index >= 15 is 0 Å². The molecular weight excluding hydrogens is 348 g/mol. The number of hydrogen-bond acceptors (Lipinski definition) is 0. The van der Waals surface area contributed by atoms with Crippen LogP contribution in [-0.2, 0) is 18.3 Å². The number of fused-ring (bicyclic) bond motifs is 6. The minimum Gasteiger partial charge on any atom is -0.0620 e. The molecule has 0 saturated carbocycles. The molecule has 4 aromatic carbocycles. The monoisotopic (exact) mass is 372 g/mol. The second-order valence-electron chi connectivity index (χ2n) is 8.81. The molecule has 0 bridgehead atoms. The first-order valence-corrected chi connectivity index (χ1v) is 10.5. The van der Waals surface area contributed by atoms with Crippen LogP contribution in [0, 0.1) is 13.8 Å². The standard InChI is InChI=1S/C29H24/c1-19-11-12-21(15-20(19)2)22-13-14-26-25-9-5-6-10-27(25)29(28(26)16-22)17-23-7-3-4-8-24(23)18-29/h3-16H,17-18H2,1-2H3. The van der Waals surface area contributed by atoms with E-state index in [1.807, 2.05) is 0 Å². The van der Waals surface area contributed by atoms with Gasteiger partial charge < -0.3 is 0 Å². The molecule has 4 aromatic rings. The molecule has 0 nitrogen and oxygen atoms in total. The van der Waals surface area contributed by atoms with Crippen molar-refractivity contribution < 1.29 is 0 Å². The summed E-state index contributed by atoms with van der Waals surface area (Å²) in [7, 11) is 0. The summed E-state index contributed by atoms with van der Waals surface area (Å²) in [6.07, 6.45) is 2.20. The topological polar surface area (TPSA) is 0 Å². The van der Waals surface area contributed by atoms with Gasteiger partial charge in [-0.05, 0) is 88.4 Å². The highest BCUT2D eigenvalue weighted by molar-refractivity contribution is 5.85. The Balaban J connectivity index is 1.57. The third-order valence-electron chi connectivity index (χ3n) is 7.21. The molecule has 0 heterocycles. The second-order valence-corrected chi connectivity index (χ2v) is 8.81. The Bertz CT molecular complexity index is 1250. The fraction of sp³-hybridized carbons (Fsp3) is 0.172. The Morgan fingerprint density at radius 1 is 0.552 bits per heavy atom. The average molecular weight is 373 g/mol. The van der Waals surface area contributed by atoms with E-state index in [0.29, 0.717) is 0 Å². The average Bonchev–Trinajstić information content (AvgIpc) is 3.27. The molecule has 2 aliphatic rings. The summed E-state index contributed by atoms with van der Waals surface area (Å²) >= 11 is 0. The van der Waals surface area contributed by atoms with Gasteiger partial charge in [0.2, 0.25) is 0 Å². The number of benzene rings is 4. The van der Waals surface area contributed by atoms with Crippen LogP contribution in [0.5, 0.6) is 0 Å². The fourth-order valence-corrected chi connectivity index (χ4v) is 5.55. The van der Waals surface area contributed by atoms with Crippen molar-refractivity contribution in [3.8, 4) is 22.3 Å². The maximum Gasteiger partial charge on any atom is 0.0296 e. The van der Waals surface area contributed by atoms with Crippen molar-refractivity contribution in [3.05, 3.63) is 118 Å². The maximum atomic E-state index is 2.48. The molecule has 0 aromatic heterocycles. The molecule has 6 rings (SSSR count). The lowest BCUT2D eigenvalue weighted by atomic mass is 9.75. The predicted molar refractivity (Wildman–Crippen MR) is 121 cm³/mol. The molecule has 2 aliphatic carbocycles. The Labute approximate surface area is 172 Å². The van der Waals surface area contributed by atoms with Crippen LogP contribution in [0.1, 0.15) is 33.4 Å². The van der Waals surface area contributed by atoms with Crippen LogP contribution in [0.2, 0.25) is 0 Å². The zero-order valence-corrected chi connectivity index (χ0v) is 17.0. The van der Waals surface area contributed by atoms with E-state index in [1.54, 1.807) is 0 Å². The molecule has 0 heteroatoms. The molecule has 0 amide bonds. The molecule has 0 saturated heterocycles. The van der Waals surface area contributed by atoms with Gasteiger partial charge in [0, 0.05) is 5.41 Å². The van der Waals surface area contributed by atoms with Gasteiger partial charge in [-0.15, -0.1) is 0 Å². The minimum absolute atomic E-state index is 0.0748. The van der Waals surface area contributed by atoms with Gasteiger partial charge in [0.15, 0.2) is 0 Å². The van der Waals surface area contributed by atoms with Crippen LogP contribution in [0.15, 0.2) is 84.9 Å². The van der Waals surface area contributed by atoms with Crippen LogP contribution in [0.3, 0.4) is 0 Å². The minimum atomic E-state index is 0.0748. The third-order valence-corrected chi connectivity index (χ3v) is 7.21. The molecule has 0 radical (unpaired) electrons. The Morgan fingerprint density at radius 2 is 1.17 bits per heavy atom. The highest BCUT2D eigenvalue weighted by Gasteiger charge is 2.46. The van der Waals surface area contributed by atoms with E-state index in [9.17, 15) is 0 Å². The van der Waals surface area contributed by atoms with E-state index in [0.717, 1.165) is 12.8 Å². The lowest BCUT2D eigenvalue weighted by molar-refractivity contribution is 0.564. The first-order valence-electron chi connectivity index (χ1n) is 10.5. The first-order chi connectivity index (χ1) is 14.2. The SMILES string of the molecule is Cc1ccc(-c2ccc3c(c2)C2(Cc4ccccc4C2)c2ccccc2-3)cc1C. The molecular formula is C29H24. The van der Waals surface area contributed by atoms with Gasteiger partial charge in [0.1, 0.15) is 0 Å². The van der Waals surface area contributed by atoms with Crippen molar-refractivity contribution in [2.75, 3.05) is 0 Å². The first kappa shape index (κ1) is 16.8. The van der Waals surface area contributed by atoms with Crippen LogP contribution >= 0.6 is 0 Å². The van der Waals surface area contributed by atoms with E-state index in [-0.39, 0.29) is 5.41 Å². The molecule has 29 heavy (non-hydrogen) atoms. The summed E-state index contributed by atoms with van der Waals surface area (Å²) in [4.78, 5) is 0. The summed E-state index contributed by atoms with van der Waals surface area (Å²) in [5.41, 5.74) is 14.3. The quantitative estimate of drug-likeness (QED) is 0.336. The van der Waals surface area contributed by atoms with Gasteiger partial charge in [-0.2, -0.15) is 0 Å². The summed E-state index contributed by atoms with van der Waals surface area (Å²) in [5.74, 6) is 0. The van der Waals surface area contributed by atoms with Crippen molar-refractivity contribution in [1.29, 1.82) is 0 Å². The van der Waals surface area contributed by atoms with Crippen LogP contribution in [0.25, 0.3) is 22.3 Å². The summed E-state index contributed by atoms with van der Waals surface area (Å²) in [5, 5.41) is 0. The molecule has 0 N–H and O–H groups in total. The van der Waals surface area contributed by atoms with Crippen LogP contribution < -0.4 is 0 Å². The van der Waals surface area contributed by atoms with Crippen LogP contribution in [-0.4, -0.2) is 0 Å². The van der Waals surface area contributed by atoms with Gasteiger partial charge in [-0.1, -0.05) is 78.9 Å². The largest absolute Gasteiger partial charge is 0.0620 e. The number of aryl methyl sites for hydroxylation is 2. The lowest BCUT2D eigenvalue weighted by Gasteiger charge is -2.27. The Hall–Kier alpha value is -3.12. The Kier molecular flexibility index (Phi) is 3.44. The van der Waals surface area contributed by atoms with Crippen molar-refractivity contribution in [2.45, 2.75) is 32.1 Å². The predicted octanol–water partition coefficient (Wildman–Crippen LogP) is 7.04. The second kappa shape index (κ2) is 5.94. The highest BCUT2D eigenvalue weighted by Crippen LogP contribution is 2.55. The van der Waals surface area contributed by atoms with Gasteiger partial charge in [-0.25, -0.2) is 0 Å². The third kappa shape index (κ3) is 2.32. The molecule has 0 aliphatic heterocycles.